The molecule has 1 amide bonds. The number of hydrogen-bond acceptors (Lipinski definition) is 7. The lowest BCUT2D eigenvalue weighted by atomic mass is 9.90. The van der Waals surface area contributed by atoms with Gasteiger partial charge in [-0.15, -0.1) is 0 Å². The molecule has 144 valence electrons. The molecule has 3 rings (SSSR count). The SMILES string of the molecule is CCCC1(C)C(=O)NCCN1Cc1nc(N)nc(Nc2ccc(F)cc2)n1. The van der Waals surface area contributed by atoms with Gasteiger partial charge in [-0.25, -0.2) is 4.39 Å². The first-order valence-electron chi connectivity index (χ1n) is 8.97. The molecule has 1 atom stereocenters. The van der Waals surface area contributed by atoms with Gasteiger partial charge in [0, 0.05) is 18.8 Å². The maximum absolute atomic E-state index is 13.1. The van der Waals surface area contributed by atoms with Crippen molar-refractivity contribution in [3.8, 4) is 0 Å². The summed E-state index contributed by atoms with van der Waals surface area (Å²) in [4.78, 5) is 27.2. The summed E-state index contributed by atoms with van der Waals surface area (Å²) >= 11 is 0. The Kier molecular flexibility index (Phi) is 5.50. The van der Waals surface area contributed by atoms with Gasteiger partial charge < -0.3 is 16.4 Å². The molecule has 2 heterocycles. The van der Waals surface area contributed by atoms with Crippen molar-refractivity contribution in [3.05, 3.63) is 35.9 Å². The van der Waals surface area contributed by atoms with Crippen LogP contribution in [0.2, 0.25) is 0 Å². The Hall–Kier alpha value is -2.81. The Balaban J connectivity index is 1.81. The first-order valence-corrected chi connectivity index (χ1v) is 8.97. The van der Waals surface area contributed by atoms with Gasteiger partial charge in [0.05, 0.1) is 12.1 Å². The second-order valence-corrected chi connectivity index (χ2v) is 6.77. The number of nitrogens with zero attached hydrogens (tertiary/aromatic N) is 4. The monoisotopic (exact) mass is 373 g/mol. The fraction of sp³-hybridized carbons (Fsp3) is 0.444. The second kappa shape index (κ2) is 7.83. The highest BCUT2D eigenvalue weighted by molar-refractivity contribution is 5.86. The van der Waals surface area contributed by atoms with Crippen molar-refractivity contribution in [1.29, 1.82) is 0 Å². The molecule has 8 nitrogen and oxygen atoms in total. The van der Waals surface area contributed by atoms with E-state index in [1.807, 2.05) is 6.92 Å². The molecule has 1 fully saturated rings. The number of rotatable bonds is 6. The number of carbonyl (C=O) groups is 1. The summed E-state index contributed by atoms with van der Waals surface area (Å²) in [7, 11) is 0. The standard InChI is InChI=1S/C18H24FN7O/c1-3-8-18(2)15(27)21-9-10-26(18)11-14-23-16(20)25-17(24-14)22-13-6-4-12(19)5-7-13/h4-7H,3,8-11H2,1-2H3,(H,21,27)(H3,20,22,23,24,25). The van der Waals surface area contributed by atoms with Gasteiger partial charge in [-0.2, -0.15) is 15.0 Å². The Labute approximate surface area is 157 Å². The van der Waals surface area contributed by atoms with Gasteiger partial charge in [-0.1, -0.05) is 13.3 Å². The number of anilines is 3. The summed E-state index contributed by atoms with van der Waals surface area (Å²) in [5.41, 5.74) is 5.86. The molecule has 1 aromatic heterocycles. The third-order valence-electron chi connectivity index (χ3n) is 4.72. The zero-order chi connectivity index (χ0) is 19.4. The highest BCUT2D eigenvalue weighted by atomic mass is 19.1. The van der Waals surface area contributed by atoms with Crippen molar-refractivity contribution >= 4 is 23.5 Å². The lowest BCUT2D eigenvalue weighted by Crippen LogP contribution is -2.62. The number of benzene rings is 1. The average molecular weight is 373 g/mol. The zero-order valence-corrected chi connectivity index (χ0v) is 15.5. The van der Waals surface area contributed by atoms with Crippen LogP contribution in [-0.2, 0) is 11.3 Å². The number of nitrogen functional groups attached to an aromatic ring is 1. The minimum Gasteiger partial charge on any atom is -0.368 e. The van der Waals surface area contributed by atoms with Crippen LogP contribution in [0.4, 0.5) is 22.0 Å². The van der Waals surface area contributed by atoms with Crippen LogP contribution < -0.4 is 16.4 Å². The van der Waals surface area contributed by atoms with Crippen LogP contribution >= 0.6 is 0 Å². The normalized spacial score (nSPS) is 20.3. The maximum Gasteiger partial charge on any atom is 0.240 e. The lowest BCUT2D eigenvalue weighted by molar-refractivity contribution is -0.137. The molecular weight excluding hydrogens is 349 g/mol. The number of aromatic nitrogens is 3. The second-order valence-electron chi connectivity index (χ2n) is 6.77. The van der Waals surface area contributed by atoms with Crippen molar-refractivity contribution in [2.45, 2.75) is 38.8 Å². The van der Waals surface area contributed by atoms with E-state index in [9.17, 15) is 9.18 Å². The van der Waals surface area contributed by atoms with E-state index in [2.05, 4.69) is 37.4 Å². The van der Waals surface area contributed by atoms with Crippen LogP contribution in [0.5, 0.6) is 0 Å². The minimum atomic E-state index is -0.612. The molecular formula is C18H24FN7O. The summed E-state index contributed by atoms with van der Waals surface area (Å²) in [6, 6.07) is 5.86. The number of nitrogens with one attached hydrogen (secondary N) is 2. The van der Waals surface area contributed by atoms with Gasteiger partial charge in [0.2, 0.25) is 17.8 Å². The summed E-state index contributed by atoms with van der Waals surface area (Å²) in [5.74, 6) is 0.535. The van der Waals surface area contributed by atoms with E-state index in [1.165, 1.54) is 12.1 Å². The Morgan fingerprint density at radius 3 is 2.74 bits per heavy atom. The van der Waals surface area contributed by atoms with Crippen molar-refractivity contribution in [1.82, 2.24) is 25.2 Å². The van der Waals surface area contributed by atoms with Gasteiger partial charge in [-0.05, 0) is 37.6 Å². The van der Waals surface area contributed by atoms with Crippen LogP contribution in [0.1, 0.15) is 32.5 Å². The van der Waals surface area contributed by atoms with Crippen LogP contribution in [0.15, 0.2) is 24.3 Å². The van der Waals surface area contributed by atoms with Gasteiger partial charge in [0.1, 0.15) is 11.6 Å². The molecule has 1 aliphatic heterocycles. The summed E-state index contributed by atoms with van der Waals surface area (Å²) in [6.45, 7) is 5.66. The third-order valence-corrected chi connectivity index (χ3v) is 4.72. The number of nitrogens with two attached hydrogens (primary N) is 1. The quantitative estimate of drug-likeness (QED) is 0.709. The number of amides is 1. The fourth-order valence-electron chi connectivity index (χ4n) is 3.29. The van der Waals surface area contributed by atoms with Crippen LogP contribution in [0.25, 0.3) is 0 Å². The van der Waals surface area contributed by atoms with Gasteiger partial charge in [0.15, 0.2) is 0 Å². The average Bonchev–Trinajstić information content (AvgIpc) is 2.61. The lowest BCUT2D eigenvalue weighted by Gasteiger charge is -2.43. The predicted molar refractivity (Wildman–Crippen MR) is 101 cm³/mol. The molecule has 9 heteroatoms. The summed E-state index contributed by atoms with van der Waals surface area (Å²) in [5, 5.41) is 5.93. The van der Waals surface area contributed by atoms with Crippen molar-refractivity contribution in [2.75, 3.05) is 24.1 Å². The molecule has 1 saturated heterocycles. The van der Waals surface area contributed by atoms with Crippen LogP contribution in [-0.4, -0.2) is 44.4 Å². The van der Waals surface area contributed by atoms with Crippen LogP contribution in [0.3, 0.4) is 0 Å². The molecule has 0 spiro atoms. The summed E-state index contributed by atoms with van der Waals surface area (Å²) in [6.07, 6.45) is 1.62. The van der Waals surface area contributed by atoms with Crippen molar-refractivity contribution in [2.24, 2.45) is 0 Å². The fourth-order valence-corrected chi connectivity index (χ4v) is 3.29. The molecule has 1 aromatic carbocycles. The predicted octanol–water partition coefficient (Wildman–Crippen LogP) is 1.83. The largest absolute Gasteiger partial charge is 0.368 e. The smallest absolute Gasteiger partial charge is 0.240 e. The molecule has 2 aromatic rings. The van der Waals surface area contributed by atoms with Crippen molar-refractivity contribution in [3.63, 3.8) is 0 Å². The van der Waals surface area contributed by atoms with Gasteiger partial charge >= 0.3 is 0 Å². The number of carbonyl (C=O) groups excluding carboxylic acids is 1. The molecule has 27 heavy (non-hydrogen) atoms. The van der Waals surface area contributed by atoms with E-state index >= 15 is 0 Å². The van der Waals surface area contributed by atoms with Crippen molar-refractivity contribution < 1.29 is 9.18 Å². The van der Waals surface area contributed by atoms with Crippen LogP contribution in [0, 0.1) is 5.82 Å². The molecule has 4 N–H and O–H groups in total. The van der Waals surface area contributed by atoms with E-state index in [1.54, 1.807) is 12.1 Å². The Bertz CT molecular complexity index is 814. The number of halogens is 1. The molecule has 0 aliphatic carbocycles. The maximum atomic E-state index is 13.1. The number of hydrogen-bond donors (Lipinski definition) is 3. The van der Waals surface area contributed by atoms with E-state index in [0.717, 1.165) is 12.8 Å². The molecule has 0 radical (unpaired) electrons. The zero-order valence-electron chi connectivity index (χ0n) is 15.5. The molecule has 1 unspecified atom stereocenters. The van der Waals surface area contributed by atoms with Gasteiger partial charge in [-0.3, -0.25) is 9.69 Å². The third kappa shape index (κ3) is 4.30. The van der Waals surface area contributed by atoms with E-state index in [-0.39, 0.29) is 23.6 Å². The number of piperazine rings is 1. The van der Waals surface area contributed by atoms with E-state index in [0.29, 0.717) is 31.1 Å². The first kappa shape index (κ1) is 19.0. The Morgan fingerprint density at radius 1 is 1.30 bits per heavy atom. The highest BCUT2D eigenvalue weighted by Gasteiger charge is 2.41. The van der Waals surface area contributed by atoms with E-state index in [4.69, 9.17) is 5.73 Å². The Morgan fingerprint density at radius 2 is 2.04 bits per heavy atom. The topological polar surface area (TPSA) is 109 Å². The molecule has 1 aliphatic rings. The molecule has 0 saturated carbocycles. The van der Waals surface area contributed by atoms with E-state index < -0.39 is 5.54 Å². The molecule has 0 bridgehead atoms. The highest BCUT2D eigenvalue weighted by Crippen LogP contribution is 2.26. The van der Waals surface area contributed by atoms with Gasteiger partial charge in [0.25, 0.3) is 0 Å². The minimum absolute atomic E-state index is 0.0160. The first-order chi connectivity index (χ1) is 12.9. The summed E-state index contributed by atoms with van der Waals surface area (Å²) < 4.78 is 13.1.